The highest BCUT2D eigenvalue weighted by Crippen LogP contribution is 2.24. The first-order valence-electron chi connectivity index (χ1n) is 9.48. The second-order valence-electron chi connectivity index (χ2n) is 6.80. The van der Waals surface area contributed by atoms with E-state index in [4.69, 9.17) is 0 Å². The van der Waals surface area contributed by atoms with Crippen molar-refractivity contribution in [1.29, 1.82) is 0 Å². The van der Waals surface area contributed by atoms with E-state index < -0.39 is 0 Å². The van der Waals surface area contributed by atoms with Gasteiger partial charge in [0.05, 0.1) is 18.3 Å². The van der Waals surface area contributed by atoms with Gasteiger partial charge >= 0.3 is 0 Å². The van der Waals surface area contributed by atoms with Crippen LogP contribution in [0.15, 0.2) is 53.1 Å². The van der Waals surface area contributed by atoms with Crippen LogP contribution in [0.25, 0.3) is 4.96 Å². The zero-order valence-corrected chi connectivity index (χ0v) is 16.5. The first-order valence-corrected chi connectivity index (χ1v) is 10.4. The van der Waals surface area contributed by atoms with Crippen LogP contribution in [-0.4, -0.2) is 46.9 Å². The number of aromatic nitrogens is 2. The van der Waals surface area contributed by atoms with Gasteiger partial charge in [0.2, 0.25) is 0 Å². The van der Waals surface area contributed by atoms with Gasteiger partial charge < -0.3 is 10.6 Å². The van der Waals surface area contributed by atoms with E-state index in [0.29, 0.717) is 12.6 Å². The number of rotatable bonds is 6. The molecule has 3 aromatic rings. The molecule has 1 aliphatic heterocycles. The molecule has 0 radical (unpaired) electrons. The normalized spacial score (nSPS) is 16.7. The first kappa shape index (κ1) is 18.0. The predicted molar refractivity (Wildman–Crippen MR) is 111 cm³/mol. The Kier molecular flexibility index (Phi) is 5.69. The van der Waals surface area contributed by atoms with Crippen LogP contribution in [0.2, 0.25) is 0 Å². The van der Waals surface area contributed by atoms with Crippen molar-refractivity contribution in [3.8, 4) is 0 Å². The minimum absolute atomic E-state index is 0.366. The van der Waals surface area contributed by atoms with Gasteiger partial charge in [0.15, 0.2) is 10.9 Å². The number of thiazole rings is 1. The number of aliphatic imine (C=N–C) groups is 1. The number of likely N-dealkylation sites (tertiary alicyclic amines) is 1. The molecule has 7 heteroatoms. The lowest BCUT2D eigenvalue weighted by atomic mass is 10.1. The van der Waals surface area contributed by atoms with Crippen molar-refractivity contribution in [3.05, 3.63) is 59.4 Å². The molecule has 1 unspecified atom stereocenters. The van der Waals surface area contributed by atoms with E-state index in [-0.39, 0.29) is 0 Å². The topological polar surface area (TPSA) is 57.0 Å². The molecule has 3 heterocycles. The summed E-state index contributed by atoms with van der Waals surface area (Å²) in [7, 11) is 1.81. The zero-order valence-electron chi connectivity index (χ0n) is 15.6. The number of nitrogens with zero attached hydrogens (tertiary/aromatic N) is 4. The molecule has 2 N–H and O–H groups in total. The third-order valence-corrected chi connectivity index (χ3v) is 5.80. The highest BCUT2D eigenvalue weighted by molar-refractivity contribution is 7.15. The third-order valence-electron chi connectivity index (χ3n) is 5.03. The van der Waals surface area contributed by atoms with Gasteiger partial charge in [0, 0.05) is 31.4 Å². The Labute approximate surface area is 164 Å². The number of benzene rings is 1. The minimum atomic E-state index is 0.366. The van der Waals surface area contributed by atoms with Crippen molar-refractivity contribution in [2.24, 2.45) is 4.99 Å². The highest BCUT2D eigenvalue weighted by atomic mass is 32.1. The van der Waals surface area contributed by atoms with Crippen molar-refractivity contribution >= 4 is 22.3 Å². The molecule has 6 nitrogen and oxygen atoms in total. The van der Waals surface area contributed by atoms with Crippen LogP contribution in [0.5, 0.6) is 0 Å². The summed E-state index contributed by atoms with van der Waals surface area (Å²) < 4.78 is 2.05. The summed E-state index contributed by atoms with van der Waals surface area (Å²) in [6, 6.07) is 11.1. The molecule has 1 fully saturated rings. The lowest BCUT2D eigenvalue weighted by Crippen LogP contribution is -2.42. The van der Waals surface area contributed by atoms with Gasteiger partial charge in [-0.3, -0.25) is 14.3 Å². The Hall–Kier alpha value is -2.38. The van der Waals surface area contributed by atoms with Crippen molar-refractivity contribution in [3.63, 3.8) is 0 Å². The largest absolute Gasteiger partial charge is 0.354 e. The molecule has 142 valence electrons. The van der Waals surface area contributed by atoms with Crippen LogP contribution < -0.4 is 10.6 Å². The van der Waals surface area contributed by atoms with Gasteiger partial charge in [-0.2, -0.15) is 0 Å². The number of hydrogen-bond acceptors (Lipinski definition) is 4. The Balaban J connectivity index is 1.37. The van der Waals surface area contributed by atoms with Gasteiger partial charge in [-0.15, -0.1) is 11.3 Å². The van der Waals surface area contributed by atoms with E-state index in [0.717, 1.165) is 23.2 Å². The van der Waals surface area contributed by atoms with E-state index in [1.54, 1.807) is 11.3 Å². The fourth-order valence-electron chi connectivity index (χ4n) is 3.64. The van der Waals surface area contributed by atoms with Crippen LogP contribution in [0, 0.1) is 0 Å². The number of imidazole rings is 1. The van der Waals surface area contributed by atoms with Crippen molar-refractivity contribution < 1.29 is 0 Å². The maximum absolute atomic E-state index is 4.61. The maximum atomic E-state index is 4.61. The van der Waals surface area contributed by atoms with Crippen LogP contribution >= 0.6 is 11.3 Å². The zero-order chi connectivity index (χ0) is 18.5. The molecule has 1 aliphatic rings. The van der Waals surface area contributed by atoms with E-state index in [2.05, 4.69) is 66.4 Å². The Morgan fingerprint density at radius 1 is 1.22 bits per heavy atom. The van der Waals surface area contributed by atoms with Gasteiger partial charge in [-0.25, -0.2) is 4.98 Å². The molecule has 0 saturated carbocycles. The van der Waals surface area contributed by atoms with Crippen LogP contribution in [0.3, 0.4) is 0 Å². The first-order chi connectivity index (χ1) is 13.3. The van der Waals surface area contributed by atoms with Crippen LogP contribution in [-0.2, 0) is 6.54 Å². The van der Waals surface area contributed by atoms with Gasteiger partial charge in [-0.05, 0) is 31.5 Å². The Bertz CT molecular complexity index is 850. The van der Waals surface area contributed by atoms with E-state index >= 15 is 0 Å². The molecule has 0 amide bonds. The van der Waals surface area contributed by atoms with Crippen molar-refractivity contribution in [2.45, 2.75) is 25.4 Å². The maximum Gasteiger partial charge on any atom is 0.193 e. The summed E-state index contributed by atoms with van der Waals surface area (Å²) in [5, 5.41) is 8.93. The molecular weight excluding hydrogens is 356 g/mol. The Morgan fingerprint density at radius 3 is 2.78 bits per heavy atom. The van der Waals surface area contributed by atoms with Gasteiger partial charge in [0.25, 0.3) is 0 Å². The summed E-state index contributed by atoms with van der Waals surface area (Å²) in [6.45, 7) is 3.83. The Morgan fingerprint density at radius 2 is 2.04 bits per heavy atom. The fourth-order valence-corrected chi connectivity index (χ4v) is 4.35. The summed E-state index contributed by atoms with van der Waals surface area (Å²) in [6.07, 6.45) is 6.66. The third kappa shape index (κ3) is 4.31. The molecule has 2 aromatic heterocycles. The average Bonchev–Trinajstić information content (AvgIpc) is 3.43. The molecule has 27 heavy (non-hydrogen) atoms. The molecule has 1 aromatic carbocycles. The van der Waals surface area contributed by atoms with Gasteiger partial charge in [-0.1, -0.05) is 30.3 Å². The summed E-state index contributed by atoms with van der Waals surface area (Å²) in [4.78, 5) is 12.6. The number of hydrogen-bond donors (Lipinski definition) is 2. The predicted octanol–water partition coefficient (Wildman–Crippen LogP) is 2.90. The van der Waals surface area contributed by atoms with E-state index in [1.807, 2.05) is 18.6 Å². The standard InChI is InChI=1S/C20H26N6S/c1-21-19(22-13-17-15-26-11-12-27-20(26)24-17)23-14-18(25-9-5-6-10-25)16-7-3-2-4-8-16/h2-4,7-8,11-12,15,18H,5-6,9-10,13-14H2,1H3,(H2,21,22,23). The smallest absolute Gasteiger partial charge is 0.193 e. The van der Waals surface area contributed by atoms with E-state index in [1.165, 1.54) is 31.5 Å². The lowest BCUT2D eigenvalue weighted by molar-refractivity contribution is 0.245. The lowest BCUT2D eigenvalue weighted by Gasteiger charge is -2.28. The molecule has 0 spiro atoms. The molecule has 0 bridgehead atoms. The van der Waals surface area contributed by atoms with Crippen LogP contribution in [0.1, 0.15) is 30.1 Å². The summed E-state index contributed by atoms with van der Waals surface area (Å²) in [5.41, 5.74) is 2.38. The fraction of sp³-hybridized carbons (Fsp3) is 0.400. The van der Waals surface area contributed by atoms with Gasteiger partial charge in [0.1, 0.15) is 0 Å². The minimum Gasteiger partial charge on any atom is -0.354 e. The van der Waals surface area contributed by atoms with Crippen LogP contribution in [0.4, 0.5) is 0 Å². The average molecular weight is 383 g/mol. The van der Waals surface area contributed by atoms with E-state index in [9.17, 15) is 0 Å². The highest BCUT2D eigenvalue weighted by Gasteiger charge is 2.23. The summed E-state index contributed by atoms with van der Waals surface area (Å²) >= 11 is 1.65. The molecule has 4 rings (SSSR count). The van der Waals surface area contributed by atoms with Crippen molar-refractivity contribution in [2.75, 3.05) is 26.7 Å². The number of nitrogens with one attached hydrogen (secondary N) is 2. The SMILES string of the molecule is CN=C(NCc1cn2ccsc2n1)NCC(c1ccccc1)N1CCCC1. The number of fused-ring (bicyclic) bond motifs is 1. The quantitative estimate of drug-likeness (QED) is 0.508. The molecule has 1 atom stereocenters. The molecular formula is C20H26N6S. The summed E-state index contributed by atoms with van der Waals surface area (Å²) in [5.74, 6) is 0.812. The second-order valence-corrected chi connectivity index (χ2v) is 7.67. The second kappa shape index (κ2) is 8.54. The monoisotopic (exact) mass is 382 g/mol. The van der Waals surface area contributed by atoms with Crippen molar-refractivity contribution in [1.82, 2.24) is 24.9 Å². The molecule has 1 saturated heterocycles. The molecule has 0 aliphatic carbocycles. The number of guanidine groups is 1.